The van der Waals surface area contributed by atoms with Crippen LogP contribution in [0.2, 0.25) is 0 Å². The molecule has 4 aliphatic carbocycles. The molecule has 0 spiro atoms. The van der Waals surface area contributed by atoms with Gasteiger partial charge in [0.2, 0.25) is 0 Å². The molecule has 0 aromatic rings. The molecule has 0 amide bonds. The summed E-state index contributed by atoms with van der Waals surface area (Å²) in [6.07, 6.45) is 3.75. The lowest BCUT2D eigenvalue weighted by molar-refractivity contribution is -0.264. The summed E-state index contributed by atoms with van der Waals surface area (Å²) in [6.45, 7) is 8.70. The van der Waals surface area contributed by atoms with Crippen molar-refractivity contribution in [3.8, 4) is 0 Å². The van der Waals surface area contributed by atoms with Gasteiger partial charge in [-0.1, -0.05) is 40.5 Å². The molecule has 4 rings (SSSR count). The van der Waals surface area contributed by atoms with E-state index in [1.54, 1.807) is 0 Å². The van der Waals surface area contributed by atoms with Crippen LogP contribution in [0.5, 0.6) is 0 Å². The van der Waals surface area contributed by atoms with Crippen molar-refractivity contribution in [2.75, 3.05) is 6.61 Å². The lowest BCUT2D eigenvalue weighted by atomic mass is 9.42. The Kier molecular flexibility index (Phi) is 7.05. The van der Waals surface area contributed by atoms with Crippen LogP contribution in [-0.2, 0) is 0 Å². The molecule has 0 aromatic heterocycles. The van der Waals surface area contributed by atoms with E-state index in [-0.39, 0.29) is 48.0 Å². The van der Waals surface area contributed by atoms with Gasteiger partial charge in [0, 0.05) is 18.9 Å². The molecular formula is C27H48O6. The Morgan fingerprint density at radius 2 is 1.58 bits per heavy atom. The molecule has 4 fully saturated rings. The maximum Gasteiger partial charge on any atom is 0.0863 e. The predicted octanol–water partition coefficient (Wildman–Crippen LogP) is 2.47. The second-order valence-corrected chi connectivity index (χ2v) is 13.1. The van der Waals surface area contributed by atoms with Crippen LogP contribution in [0.1, 0.15) is 85.5 Å². The molecule has 4 saturated carbocycles. The molecule has 13 atom stereocenters. The summed E-state index contributed by atoms with van der Waals surface area (Å²) in [5.41, 5.74) is -1.90. The minimum absolute atomic E-state index is 0.0393. The Morgan fingerprint density at radius 3 is 2.24 bits per heavy atom. The largest absolute Gasteiger partial charge is 0.396 e. The third-order valence-corrected chi connectivity index (χ3v) is 11.1. The third kappa shape index (κ3) is 3.92. The van der Waals surface area contributed by atoms with Crippen molar-refractivity contribution in [1.82, 2.24) is 0 Å². The van der Waals surface area contributed by atoms with Crippen LogP contribution < -0.4 is 0 Å². The Morgan fingerprint density at radius 1 is 0.909 bits per heavy atom. The lowest BCUT2D eigenvalue weighted by Gasteiger charge is -2.65. The zero-order valence-corrected chi connectivity index (χ0v) is 21.0. The monoisotopic (exact) mass is 468 g/mol. The standard InChI is InChI=1S/C27H48O6/c1-15(14-28)6-5-7-16(2)21-22(31)23(32)24-26(21,4)11-9-20-25(3)10-8-17(29)12-18(25)19(30)13-27(20,24)33/h15-24,28-33H,5-14H2,1-4H3/t15-,16+,17-,18?,19-,20?,21-,22+,23+,24?,25-,26+,27-/m0/s1. The molecule has 0 radical (unpaired) electrons. The molecule has 6 N–H and O–H groups in total. The van der Waals surface area contributed by atoms with E-state index in [0.29, 0.717) is 12.8 Å². The van der Waals surface area contributed by atoms with Gasteiger partial charge < -0.3 is 30.6 Å². The van der Waals surface area contributed by atoms with Crippen molar-refractivity contribution in [3.63, 3.8) is 0 Å². The third-order valence-electron chi connectivity index (χ3n) is 11.1. The normalized spacial score (nSPS) is 53.6. The highest BCUT2D eigenvalue weighted by Gasteiger charge is 2.72. The maximum absolute atomic E-state index is 12.3. The zero-order valence-electron chi connectivity index (χ0n) is 21.0. The molecular weight excluding hydrogens is 420 g/mol. The summed E-state index contributed by atoms with van der Waals surface area (Å²) >= 11 is 0. The minimum Gasteiger partial charge on any atom is -0.396 e. The van der Waals surface area contributed by atoms with Gasteiger partial charge in [-0.25, -0.2) is 0 Å². The molecule has 0 heterocycles. The average Bonchev–Trinajstić information content (AvgIpc) is 2.95. The first-order valence-electron chi connectivity index (χ1n) is 13.5. The Balaban J connectivity index is 1.61. The fraction of sp³-hybridized carbons (Fsp3) is 1.00. The highest BCUT2D eigenvalue weighted by Crippen LogP contribution is 2.69. The molecule has 3 unspecified atom stereocenters. The molecule has 192 valence electrons. The van der Waals surface area contributed by atoms with Crippen molar-refractivity contribution in [2.24, 2.45) is 46.3 Å². The summed E-state index contributed by atoms with van der Waals surface area (Å²) in [6, 6.07) is 0. The fourth-order valence-corrected chi connectivity index (χ4v) is 9.57. The van der Waals surface area contributed by atoms with E-state index in [0.717, 1.165) is 38.5 Å². The van der Waals surface area contributed by atoms with Crippen LogP contribution in [0.15, 0.2) is 0 Å². The maximum atomic E-state index is 12.3. The molecule has 0 aromatic carbocycles. The summed E-state index contributed by atoms with van der Waals surface area (Å²) in [4.78, 5) is 0. The van der Waals surface area contributed by atoms with Crippen LogP contribution >= 0.6 is 0 Å². The van der Waals surface area contributed by atoms with E-state index in [2.05, 4.69) is 20.8 Å². The highest BCUT2D eigenvalue weighted by atomic mass is 16.3. The van der Waals surface area contributed by atoms with Gasteiger partial charge >= 0.3 is 0 Å². The number of rotatable bonds is 6. The van der Waals surface area contributed by atoms with Gasteiger partial charge in [-0.05, 0) is 78.9 Å². The first kappa shape index (κ1) is 25.8. The number of fused-ring (bicyclic) bond motifs is 5. The first-order chi connectivity index (χ1) is 15.4. The van der Waals surface area contributed by atoms with Crippen LogP contribution in [0.25, 0.3) is 0 Å². The molecule has 6 heteroatoms. The van der Waals surface area contributed by atoms with E-state index in [9.17, 15) is 30.6 Å². The van der Waals surface area contributed by atoms with Gasteiger partial charge in [-0.15, -0.1) is 0 Å². The van der Waals surface area contributed by atoms with Crippen LogP contribution in [-0.4, -0.2) is 67.3 Å². The molecule has 6 nitrogen and oxygen atoms in total. The van der Waals surface area contributed by atoms with Crippen molar-refractivity contribution < 1.29 is 30.6 Å². The smallest absolute Gasteiger partial charge is 0.0863 e. The summed E-state index contributed by atoms with van der Waals surface area (Å²) < 4.78 is 0. The van der Waals surface area contributed by atoms with Crippen molar-refractivity contribution >= 4 is 0 Å². The molecule has 33 heavy (non-hydrogen) atoms. The number of aliphatic hydroxyl groups excluding tert-OH is 5. The van der Waals surface area contributed by atoms with E-state index in [1.165, 1.54) is 0 Å². The van der Waals surface area contributed by atoms with Crippen LogP contribution in [0.3, 0.4) is 0 Å². The lowest BCUT2D eigenvalue weighted by Crippen LogP contribution is -2.68. The van der Waals surface area contributed by atoms with Crippen molar-refractivity contribution in [1.29, 1.82) is 0 Å². The second-order valence-electron chi connectivity index (χ2n) is 13.1. The molecule has 4 aliphatic rings. The van der Waals surface area contributed by atoms with Gasteiger partial charge in [0.1, 0.15) is 0 Å². The Hall–Kier alpha value is -0.240. The molecule has 0 aliphatic heterocycles. The van der Waals surface area contributed by atoms with Gasteiger partial charge in [0.25, 0.3) is 0 Å². The van der Waals surface area contributed by atoms with E-state index >= 15 is 0 Å². The zero-order chi connectivity index (χ0) is 24.3. The summed E-state index contributed by atoms with van der Waals surface area (Å²) in [5.74, 6) is -0.211. The van der Waals surface area contributed by atoms with E-state index in [4.69, 9.17) is 0 Å². The van der Waals surface area contributed by atoms with Gasteiger partial charge in [-0.2, -0.15) is 0 Å². The first-order valence-corrected chi connectivity index (χ1v) is 13.5. The Bertz CT molecular complexity index is 702. The Labute approximate surface area is 199 Å². The molecule has 0 saturated heterocycles. The topological polar surface area (TPSA) is 121 Å². The number of aliphatic hydroxyl groups is 6. The number of hydrogen-bond acceptors (Lipinski definition) is 6. The fourth-order valence-electron chi connectivity index (χ4n) is 9.57. The van der Waals surface area contributed by atoms with E-state index < -0.39 is 41.3 Å². The van der Waals surface area contributed by atoms with E-state index in [1.807, 2.05) is 6.92 Å². The number of hydrogen-bond donors (Lipinski definition) is 6. The average molecular weight is 469 g/mol. The van der Waals surface area contributed by atoms with Crippen LogP contribution in [0, 0.1) is 46.3 Å². The SMILES string of the molecule is C[C@H](CO)CCC[C@@H](C)[C@H]1[C@@H](O)[C@@H](O)C2[C@]3(O)C[C@H](O)C4C[C@@H](O)CC[C@]4(C)C3CC[C@@]21C. The summed E-state index contributed by atoms with van der Waals surface area (Å²) in [5, 5.41) is 65.7. The minimum atomic E-state index is -1.22. The van der Waals surface area contributed by atoms with Crippen LogP contribution in [0.4, 0.5) is 0 Å². The molecule has 0 bridgehead atoms. The summed E-state index contributed by atoms with van der Waals surface area (Å²) in [7, 11) is 0. The highest BCUT2D eigenvalue weighted by molar-refractivity contribution is 5.21. The van der Waals surface area contributed by atoms with Gasteiger partial charge in [-0.3, -0.25) is 0 Å². The quantitative estimate of drug-likeness (QED) is 0.356. The van der Waals surface area contributed by atoms with Crippen molar-refractivity contribution in [3.05, 3.63) is 0 Å². The second kappa shape index (κ2) is 9.01. The predicted molar refractivity (Wildman–Crippen MR) is 126 cm³/mol. The van der Waals surface area contributed by atoms with Gasteiger partial charge in [0.15, 0.2) is 0 Å². The van der Waals surface area contributed by atoms with Crippen molar-refractivity contribution in [2.45, 2.75) is 115 Å². The van der Waals surface area contributed by atoms with Gasteiger partial charge in [0.05, 0.1) is 30.0 Å².